The first-order valence-corrected chi connectivity index (χ1v) is 6.21. The van der Waals surface area contributed by atoms with Crippen LogP contribution >= 0.6 is 0 Å². The summed E-state index contributed by atoms with van der Waals surface area (Å²) >= 11 is 0. The van der Waals surface area contributed by atoms with Gasteiger partial charge in [0.15, 0.2) is 0 Å². The van der Waals surface area contributed by atoms with Crippen LogP contribution in [0.25, 0.3) is 0 Å². The van der Waals surface area contributed by atoms with Gasteiger partial charge in [-0.15, -0.1) is 0 Å². The fourth-order valence-corrected chi connectivity index (χ4v) is 2.51. The molecule has 2 heteroatoms. The molecule has 0 saturated carbocycles. The minimum atomic E-state index is 0.0708. The number of nitrogens with zero attached hydrogens (tertiary/aromatic N) is 2. The average molecular weight is 226 g/mol. The second-order valence-electron chi connectivity index (χ2n) is 4.55. The van der Waals surface area contributed by atoms with Gasteiger partial charge >= 0.3 is 0 Å². The summed E-state index contributed by atoms with van der Waals surface area (Å²) in [5.74, 6) is 0. The van der Waals surface area contributed by atoms with Gasteiger partial charge in [-0.05, 0) is 31.5 Å². The van der Waals surface area contributed by atoms with E-state index in [-0.39, 0.29) is 6.04 Å². The van der Waals surface area contributed by atoms with Crippen molar-refractivity contribution in [1.29, 1.82) is 5.26 Å². The molecular formula is C15H18N2. The SMILES string of the molecule is C=C(C#N)C(c1ccccc1)N1CCCCC1. The number of rotatable bonds is 3. The highest BCUT2D eigenvalue weighted by Gasteiger charge is 2.24. The van der Waals surface area contributed by atoms with Gasteiger partial charge in [0.25, 0.3) is 0 Å². The lowest BCUT2D eigenvalue weighted by atomic mass is 9.96. The lowest BCUT2D eigenvalue weighted by molar-refractivity contribution is 0.188. The van der Waals surface area contributed by atoms with E-state index in [0.717, 1.165) is 13.1 Å². The van der Waals surface area contributed by atoms with Gasteiger partial charge in [-0.25, -0.2) is 0 Å². The van der Waals surface area contributed by atoms with Crippen LogP contribution in [0.15, 0.2) is 42.5 Å². The summed E-state index contributed by atoms with van der Waals surface area (Å²) < 4.78 is 0. The maximum absolute atomic E-state index is 9.12. The van der Waals surface area contributed by atoms with Crippen molar-refractivity contribution in [3.63, 3.8) is 0 Å². The van der Waals surface area contributed by atoms with Crippen LogP contribution in [0, 0.1) is 11.3 Å². The third-order valence-electron chi connectivity index (χ3n) is 3.34. The molecule has 0 aromatic heterocycles. The van der Waals surface area contributed by atoms with E-state index in [1.165, 1.54) is 24.8 Å². The Labute approximate surface area is 103 Å². The number of hydrogen-bond acceptors (Lipinski definition) is 2. The quantitative estimate of drug-likeness (QED) is 0.739. The predicted molar refractivity (Wildman–Crippen MR) is 69.4 cm³/mol. The molecule has 2 nitrogen and oxygen atoms in total. The van der Waals surface area contributed by atoms with Crippen LogP contribution in [-0.2, 0) is 0 Å². The Kier molecular flexibility index (Phi) is 3.95. The van der Waals surface area contributed by atoms with Gasteiger partial charge in [-0.1, -0.05) is 43.3 Å². The van der Waals surface area contributed by atoms with E-state index in [1.54, 1.807) is 0 Å². The highest BCUT2D eigenvalue weighted by Crippen LogP contribution is 2.29. The topological polar surface area (TPSA) is 27.0 Å². The summed E-state index contributed by atoms with van der Waals surface area (Å²) in [6.07, 6.45) is 3.75. The Balaban J connectivity index is 2.25. The molecule has 2 rings (SSSR count). The van der Waals surface area contributed by atoms with Gasteiger partial charge in [0.2, 0.25) is 0 Å². The largest absolute Gasteiger partial charge is 0.292 e. The molecule has 1 heterocycles. The van der Waals surface area contributed by atoms with Crippen LogP contribution in [0.2, 0.25) is 0 Å². The first-order valence-electron chi connectivity index (χ1n) is 6.21. The summed E-state index contributed by atoms with van der Waals surface area (Å²) in [6.45, 7) is 6.06. The normalized spacial score (nSPS) is 18.3. The van der Waals surface area contributed by atoms with E-state index in [1.807, 2.05) is 18.2 Å². The molecule has 1 saturated heterocycles. The third-order valence-corrected chi connectivity index (χ3v) is 3.34. The zero-order chi connectivity index (χ0) is 12.1. The highest BCUT2D eigenvalue weighted by atomic mass is 15.2. The molecule has 0 N–H and O–H groups in total. The van der Waals surface area contributed by atoms with Crippen molar-refractivity contribution in [1.82, 2.24) is 4.90 Å². The van der Waals surface area contributed by atoms with E-state index < -0.39 is 0 Å². The Morgan fingerprint density at radius 2 is 1.82 bits per heavy atom. The Morgan fingerprint density at radius 3 is 2.41 bits per heavy atom. The lowest BCUT2D eigenvalue weighted by Crippen LogP contribution is -2.34. The molecule has 1 aliphatic heterocycles. The fourth-order valence-electron chi connectivity index (χ4n) is 2.51. The molecule has 1 aromatic rings. The minimum Gasteiger partial charge on any atom is -0.292 e. The van der Waals surface area contributed by atoms with Crippen molar-refractivity contribution in [2.45, 2.75) is 25.3 Å². The maximum atomic E-state index is 9.12. The molecule has 0 spiro atoms. The van der Waals surface area contributed by atoms with E-state index >= 15 is 0 Å². The van der Waals surface area contributed by atoms with Crippen molar-refractivity contribution in [2.24, 2.45) is 0 Å². The zero-order valence-electron chi connectivity index (χ0n) is 10.1. The van der Waals surface area contributed by atoms with Gasteiger partial charge in [-0.3, -0.25) is 4.90 Å². The Morgan fingerprint density at radius 1 is 1.18 bits per heavy atom. The van der Waals surface area contributed by atoms with Crippen LogP contribution in [0.5, 0.6) is 0 Å². The molecule has 88 valence electrons. The van der Waals surface area contributed by atoms with E-state index in [0.29, 0.717) is 5.57 Å². The van der Waals surface area contributed by atoms with Crippen LogP contribution in [-0.4, -0.2) is 18.0 Å². The molecule has 0 radical (unpaired) electrons. The first-order chi connectivity index (χ1) is 8.33. The number of benzene rings is 1. The van der Waals surface area contributed by atoms with E-state index in [2.05, 4.69) is 29.7 Å². The van der Waals surface area contributed by atoms with Crippen LogP contribution in [0.4, 0.5) is 0 Å². The van der Waals surface area contributed by atoms with E-state index in [4.69, 9.17) is 5.26 Å². The lowest BCUT2D eigenvalue weighted by Gasteiger charge is -2.34. The van der Waals surface area contributed by atoms with E-state index in [9.17, 15) is 0 Å². The Hall–Kier alpha value is -1.59. The smallest absolute Gasteiger partial charge is 0.0961 e. The second kappa shape index (κ2) is 5.65. The average Bonchev–Trinajstić information content (AvgIpc) is 2.41. The molecule has 1 atom stereocenters. The van der Waals surface area contributed by atoms with Crippen molar-refractivity contribution in [3.8, 4) is 6.07 Å². The van der Waals surface area contributed by atoms with Crippen LogP contribution in [0.3, 0.4) is 0 Å². The van der Waals surface area contributed by atoms with Gasteiger partial charge in [0.1, 0.15) is 0 Å². The first kappa shape index (κ1) is 11.9. The molecule has 1 aliphatic rings. The van der Waals surface area contributed by atoms with Gasteiger partial charge in [-0.2, -0.15) is 5.26 Å². The molecule has 1 aromatic carbocycles. The molecule has 0 aliphatic carbocycles. The molecule has 0 bridgehead atoms. The fraction of sp³-hybridized carbons (Fsp3) is 0.400. The highest BCUT2D eigenvalue weighted by molar-refractivity contribution is 5.34. The van der Waals surface area contributed by atoms with Crippen molar-refractivity contribution in [3.05, 3.63) is 48.0 Å². The molecule has 17 heavy (non-hydrogen) atoms. The monoisotopic (exact) mass is 226 g/mol. The minimum absolute atomic E-state index is 0.0708. The second-order valence-corrected chi connectivity index (χ2v) is 4.55. The summed E-state index contributed by atoms with van der Waals surface area (Å²) in [4.78, 5) is 2.38. The maximum Gasteiger partial charge on any atom is 0.0961 e. The summed E-state index contributed by atoms with van der Waals surface area (Å²) in [6, 6.07) is 12.5. The predicted octanol–water partition coefficient (Wildman–Crippen LogP) is 3.29. The summed E-state index contributed by atoms with van der Waals surface area (Å²) in [5.41, 5.74) is 1.83. The summed E-state index contributed by atoms with van der Waals surface area (Å²) in [5, 5.41) is 9.12. The Bertz CT molecular complexity index is 410. The number of likely N-dealkylation sites (tertiary alicyclic amines) is 1. The zero-order valence-corrected chi connectivity index (χ0v) is 10.1. The van der Waals surface area contributed by atoms with Crippen LogP contribution in [0.1, 0.15) is 30.9 Å². The molecule has 1 fully saturated rings. The standard InChI is InChI=1S/C15H18N2/c1-13(12-16)15(14-8-4-2-5-9-14)17-10-6-3-7-11-17/h2,4-5,8-9,15H,1,3,6-7,10-11H2. The van der Waals surface area contributed by atoms with Gasteiger partial charge in [0, 0.05) is 5.57 Å². The van der Waals surface area contributed by atoms with Crippen molar-refractivity contribution in [2.75, 3.05) is 13.1 Å². The third kappa shape index (κ3) is 2.75. The molecule has 0 amide bonds. The number of nitriles is 1. The van der Waals surface area contributed by atoms with Gasteiger partial charge in [0.05, 0.1) is 12.1 Å². The van der Waals surface area contributed by atoms with Crippen molar-refractivity contribution >= 4 is 0 Å². The summed E-state index contributed by atoms with van der Waals surface area (Å²) in [7, 11) is 0. The van der Waals surface area contributed by atoms with Crippen molar-refractivity contribution < 1.29 is 0 Å². The number of piperidine rings is 1. The van der Waals surface area contributed by atoms with Crippen LogP contribution < -0.4 is 0 Å². The molecular weight excluding hydrogens is 208 g/mol. The van der Waals surface area contributed by atoms with Gasteiger partial charge < -0.3 is 0 Å². The number of hydrogen-bond donors (Lipinski definition) is 0. The molecule has 1 unspecified atom stereocenters.